The summed E-state index contributed by atoms with van der Waals surface area (Å²) >= 11 is 5.96. The van der Waals surface area contributed by atoms with Gasteiger partial charge in [0.25, 0.3) is 5.91 Å². The highest BCUT2D eigenvalue weighted by Crippen LogP contribution is 2.25. The van der Waals surface area contributed by atoms with Crippen LogP contribution in [0.15, 0.2) is 43.1 Å². The normalized spacial score (nSPS) is 10.5. The second-order valence-electron chi connectivity index (χ2n) is 5.27. The van der Waals surface area contributed by atoms with Crippen LogP contribution >= 0.6 is 11.6 Å². The van der Waals surface area contributed by atoms with Crippen LogP contribution < -0.4 is 5.32 Å². The SMILES string of the molecule is Cc1ccc(Cl)c(C(=O)c2c[nH]c(C(=O)Nc3cncnc3)c2)c1F. The number of benzene rings is 1. The molecule has 0 bridgehead atoms. The first kappa shape index (κ1) is 16.8. The molecule has 0 atom stereocenters. The lowest BCUT2D eigenvalue weighted by Crippen LogP contribution is -2.12. The quantitative estimate of drug-likeness (QED) is 0.700. The number of H-pyrrole nitrogens is 1. The number of hydrogen-bond donors (Lipinski definition) is 2. The molecule has 8 heteroatoms. The van der Waals surface area contributed by atoms with Crippen LogP contribution in [0.2, 0.25) is 5.02 Å². The first-order chi connectivity index (χ1) is 12.0. The van der Waals surface area contributed by atoms with Gasteiger partial charge in [-0.1, -0.05) is 17.7 Å². The highest BCUT2D eigenvalue weighted by molar-refractivity contribution is 6.35. The summed E-state index contributed by atoms with van der Waals surface area (Å²) in [5, 5.41) is 2.59. The highest BCUT2D eigenvalue weighted by atomic mass is 35.5. The van der Waals surface area contributed by atoms with Crippen LogP contribution in [0.1, 0.15) is 32.0 Å². The fourth-order valence-electron chi connectivity index (χ4n) is 2.23. The van der Waals surface area contributed by atoms with E-state index in [1.807, 2.05) is 0 Å². The number of aromatic nitrogens is 3. The number of carbonyl (C=O) groups is 2. The third-order valence-electron chi connectivity index (χ3n) is 3.52. The molecule has 0 radical (unpaired) electrons. The Hall–Kier alpha value is -3.06. The Labute approximate surface area is 147 Å². The number of aryl methyl sites for hydroxylation is 1. The summed E-state index contributed by atoms with van der Waals surface area (Å²) in [5.41, 5.74) is 0.759. The van der Waals surface area contributed by atoms with E-state index >= 15 is 0 Å². The number of ketones is 1. The molecular formula is C17H12ClFN4O2. The number of carbonyl (C=O) groups excluding carboxylic acids is 2. The smallest absolute Gasteiger partial charge is 0.272 e. The van der Waals surface area contributed by atoms with E-state index in [4.69, 9.17) is 11.6 Å². The van der Waals surface area contributed by atoms with Crippen molar-refractivity contribution < 1.29 is 14.0 Å². The van der Waals surface area contributed by atoms with Crippen LogP contribution in [-0.4, -0.2) is 26.6 Å². The van der Waals surface area contributed by atoms with E-state index in [9.17, 15) is 14.0 Å². The second kappa shape index (κ2) is 6.82. The Bertz CT molecular complexity index is 957. The molecule has 0 saturated carbocycles. The highest BCUT2D eigenvalue weighted by Gasteiger charge is 2.21. The third kappa shape index (κ3) is 3.41. The zero-order valence-corrected chi connectivity index (χ0v) is 13.8. The molecule has 1 aromatic carbocycles. The van der Waals surface area contributed by atoms with Crippen molar-refractivity contribution >= 4 is 29.0 Å². The molecule has 2 heterocycles. The standard InChI is InChI=1S/C17H12ClFN4O2/c1-9-2-3-12(18)14(15(9)19)16(24)10-4-13(22-5-10)17(25)23-11-6-20-8-21-7-11/h2-8,22H,1H3,(H,23,25). The van der Waals surface area contributed by atoms with Crippen LogP contribution in [-0.2, 0) is 0 Å². The van der Waals surface area contributed by atoms with Crippen LogP contribution in [0.5, 0.6) is 0 Å². The van der Waals surface area contributed by atoms with Crippen LogP contribution in [0.3, 0.4) is 0 Å². The Morgan fingerprint density at radius 2 is 1.96 bits per heavy atom. The molecular weight excluding hydrogens is 347 g/mol. The maximum absolute atomic E-state index is 14.2. The molecule has 0 fully saturated rings. The van der Waals surface area contributed by atoms with Crippen molar-refractivity contribution in [1.82, 2.24) is 15.0 Å². The van der Waals surface area contributed by atoms with Gasteiger partial charge in [-0.3, -0.25) is 9.59 Å². The van der Waals surface area contributed by atoms with Crippen LogP contribution in [0.4, 0.5) is 10.1 Å². The van der Waals surface area contributed by atoms with Crippen LogP contribution in [0.25, 0.3) is 0 Å². The Balaban J connectivity index is 1.85. The van der Waals surface area contributed by atoms with Gasteiger partial charge in [0.2, 0.25) is 0 Å². The summed E-state index contributed by atoms with van der Waals surface area (Å²) in [6.07, 6.45) is 5.53. The van der Waals surface area contributed by atoms with E-state index in [-0.39, 0.29) is 21.8 Å². The lowest BCUT2D eigenvalue weighted by atomic mass is 10.0. The predicted octanol–water partition coefficient (Wildman–Crippen LogP) is 3.39. The van der Waals surface area contributed by atoms with E-state index in [0.29, 0.717) is 11.3 Å². The molecule has 0 spiro atoms. The minimum Gasteiger partial charge on any atom is -0.356 e. The number of anilines is 1. The number of hydrogen-bond acceptors (Lipinski definition) is 4. The number of nitrogens with one attached hydrogen (secondary N) is 2. The molecule has 1 amide bonds. The van der Waals surface area contributed by atoms with Crippen molar-refractivity contribution in [3.8, 4) is 0 Å². The Morgan fingerprint density at radius 3 is 2.68 bits per heavy atom. The van der Waals surface area contributed by atoms with Gasteiger partial charge in [-0.25, -0.2) is 14.4 Å². The van der Waals surface area contributed by atoms with Gasteiger partial charge in [0.15, 0.2) is 5.78 Å². The second-order valence-corrected chi connectivity index (χ2v) is 5.67. The maximum atomic E-state index is 14.2. The monoisotopic (exact) mass is 358 g/mol. The Morgan fingerprint density at radius 1 is 1.24 bits per heavy atom. The number of halogens is 2. The summed E-state index contributed by atoms with van der Waals surface area (Å²) in [4.78, 5) is 35.0. The van der Waals surface area contributed by atoms with E-state index in [2.05, 4.69) is 20.3 Å². The maximum Gasteiger partial charge on any atom is 0.272 e. The number of aromatic amines is 1. The van der Waals surface area contributed by atoms with Crippen LogP contribution in [0, 0.1) is 12.7 Å². The molecule has 0 aliphatic carbocycles. The van der Waals surface area contributed by atoms with Gasteiger partial charge >= 0.3 is 0 Å². The average Bonchev–Trinajstić information content (AvgIpc) is 3.09. The van der Waals surface area contributed by atoms with E-state index in [1.165, 1.54) is 43.1 Å². The molecule has 0 saturated heterocycles. The van der Waals surface area contributed by atoms with Crippen molar-refractivity contribution in [3.05, 3.63) is 76.3 Å². The lowest BCUT2D eigenvalue weighted by molar-refractivity contribution is 0.102. The van der Waals surface area contributed by atoms with Gasteiger partial charge in [0, 0.05) is 11.8 Å². The number of nitrogens with zero attached hydrogens (tertiary/aromatic N) is 2. The summed E-state index contributed by atoms with van der Waals surface area (Å²) in [5.74, 6) is -1.76. The van der Waals surface area contributed by atoms with Crippen molar-refractivity contribution in [3.63, 3.8) is 0 Å². The topological polar surface area (TPSA) is 87.7 Å². The zero-order chi connectivity index (χ0) is 18.0. The fraction of sp³-hybridized carbons (Fsp3) is 0.0588. The molecule has 0 aliphatic heterocycles. The minimum atomic E-state index is -0.675. The summed E-state index contributed by atoms with van der Waals surface area (Å²) in [7, 11) is 0. The number of amides is 1. The first-order valence-electron chi connectivity index (χ1n) is 7.21. The fourth-order valence-corrected chi connectivity index (χ4v) is 2.46. The molecule has 0 aliphatic rings. The van der Waals surface area contributed by atoms with Gasteiger partial charge < -0.3 is 10.3 Å². The average molecular weight is 359 g/mol. The van der Waals surface area contributed by atoms with Crippen molar-refractivity contribution in [2.24, 2.45) is 0 Å². The van der Waals surface area contributed by atoms with Gasteiger partial charge in [-0.05, 0) is 24.6 Å². The third-order valence-corrected chi connectivity index (χ3v) is 3.83. The number of rotatable bonds is 4. The summed E-state index contributed by atoms with van der Waals surface area (Å²) in [6.45, 7) is 1.54. The lowest BCUT2D eigenvalue weighted by Gasteiger charge is -2.06. The van der Waals surface area contributed by atoms with Gasteiger partial charge in [0.05, 0.1) is 28.7 Å². The van der Waals surface area contributed by atoms with E-state index in [1.54, 1.807) is 6.92 Å². The van der Waals surface area contributed by atoms with Gasteiger partial charge in [0.1, 0.15) is 17.8 Å². The minimum absolute atomic E-state index is 0.0155. The van der Waals surface area contributed by atoms with Gasteiger partial charge in [-0.15, -0.1) is 0 Å². The molecule has 3 rings (SSSR count). The molecule has 6 nitrogen and oxygen atoms in total. The van der Waals surface area contributed by atoms with Crippen molar-refractivity contribution in [1.29, 1.82) is 0 Å². The molecule has 2 aromatic heterocycles. The first-order valence-corrected chi connectivity index (χ1v) is 7.59. The molecule has 0 unspecified atom stereocenters. The van der Waals surface area contributed by atoms with Gasteiger partial charge in [-0.2, -0.15) is 0 Å². The molecule has 126 valence electrons. The largest absolute Gasteiger partial charge is 0.356 e. The summed E-state index contributed by atoms with van der Waals surface area (Å²) in [6, 6.07) is 4.29. The molecule has 2 N–H and O–H groups in total. The predicted molar refractivity (Wildman–Crippen MR) is 90.4 cm³/mol. The molecule has 25 heavy (non-hydrogen) atoms. The Kier molecular flexibility index (Phi) is 4.58. The van der Waals surface area contributed by atoms with Crippen molar-refractivity contribution in [2.45, 2.75) is 6.92 Å². The van der Waals surface area contributed by atoms with Crippen molar-refractivity contribution in [2.75, 3.05) is 5.32 Å². The summed E-state index contributed by atoms with van der Waals surface area (Å²) < 4.78 is 14.2. The zero-order valence-electron chi connectivity index (χ0n) is 13.0. The van der Waals surface area contributed by atoms with E-state index < -0.39 is 17.5 Å². The van der Waals surface area contributed by atoms with E-state index in [0.717, 1.165) is 0 Å². The molecule has 3 aromatic rings.